The summed E-state index contributed by atoms with van der Waals surface area (Å²) in [7, 11) is 0. The Hall–Kier alpha value is -1.12. The van der Waals surface area contributed by atoms with Crippen molar-refractivity contribution in [2.75, 3.05) is 13.1 Å². The van der Waals surface area contributed by atoms with Crippen LogP contribution in [-0.2, 0) is 6.54 Å². The first-order valence-corrected chi connectivity index (χ1v) is 7.52. The number of aryl methyl sites for hydroxylation is 1. The second kappa shape index (κ2) is 6.33. The zero-order valence-corrected chi connectivity index (χ0v) is 12.5. The van der Waals surface area contributed by atoms with Crippen molar-refractivity contribution in [1.29, 1.82) is 0 Å². The molecular formula is C13H18F3N3OS. The number of hydrazine groups is 1. The highest BCUT2D eigenvalue weighted by Gasteiger charge is 2.41. The summed E-state index contributed by atoms with van der Waals surface area (Å²) < 4.78 is 38.4. The number of thiophene rings is 1. The van der Waals surface area contributed by atoms with Gasteiger partial charge in [-0.1, -0.05) is 0 Å². The van der Waals surface area contributed by atoms with E-state index in [2.05, 4.69) is 5.43 Å². The van der Waals surface area contributed by atoms with Crippen LogP contribution in [0.15, 0.2) is 6.07 Å². The van der Waals surface area contributed by atoms with Crippen LogP contribution in [0.4, 0.5) is 13.2 Å². The Morgan fingerprint density at radius 3 is 2.90 bits per heavy atom. The molecule has 1 saturated heterocycles. The summed E-state index contributed by atoms with van der Waals surface area (Å²) in [6.07, 6.45) is -3.39. The molecule has 0 saturated carbocycles. The number of hydrogen-bond acceptors (Lipinski definition) is 4. The van der Waals surface area contributed by atoms with Crippen LogP contribution in [0.1, 0.15) is 33.0 Å². The number of nitrogens with one attached hydrogen (secondary N) is 1. The normalized spacial score (nSPS) is 20.5. The smallest absolute Gasteiger partial charge is 0.298 e. The fourth-order valence-electron chi connectivity index (χ4n) is 2.57. The Bertz CT molecular complexity index is 515. The molecule has 1 amide bonds. The lowest BCUT2D eigenvalue weighted by Crippen LogP contribution is -2.41. The van der Waals surface area contributed by atoms with Crippen LogP contribution in [-0.4, -0.2) is 30.1 Å². The molecule has 1 unspecified atom stereocenters. The molecule has 4 nitrogen and oxygen atoms in total. The van der Waals surface area contributed by atoms with Crippen LogP contribution in [0.5, 0.6) is 0 Å². The van der Waals surface area contributed by atoms with Crippen molar-refractivity contribution in [3.63, 3.8) is 0 Å². The molecule has 1 aliphatic heterocycles. The highest BCUT2D eigenvalue weighted by atomic mass is 32.1. The number of carbonyl (C=O) groups is 1. The molecule has 2 heterocycles. The quantitative estimate of drug-likeness (QED) is 0.511. The van der Waals surface area contributed by atoms with E-state index in [0.717, 1.165) is 10.4 Å². The molecule has 2 rings (SSSR count). The van der Waals surface area contributed by atoms with E-state index in [1.807, 2.05) is 6.92 Å². The number of nitrogen functional groups attached to an aromatic ring is 1. The van der Waals surface area contributed by atoms with Gasteiger partial charge in [-0.2, -0.15) is 13.2 Å². The molecule has 1 aromatic heterocycles. The second-order valence-corrected chi connectivity index (χ2v) is 6.54. The molecule has 21 heavy (non-hydrogen) atoms. The molecule has 0 radical (unpaired) electrons. The van der Waals surface area contributed by atoms with E-state index in [-0.39, 0.29) is 18.9 Å². The molecule has 0 bridgehead atoms. The predicted octanol–water partition coefficient (Wildman–Crippen LogP) is 2.43. The van der Waals surface area contributed by atoms with Crippen LogP contribution in [0, 0.1) is 12.8 Å². The predicted molar refractivity (Wildman–Crippen MR) is 74.8 cm³/mol. The van der Waals surface area contributed by atoms with Gasteiger partial charge in [-0.15, -0.1) is 11.3 Å². The summed E-state index contributed by atoms with van der Waals surface area (Å²) in [6, 6.07) is 1.71. The van der Waals surface area contributed by atoms with Crippen LogP contribution < -0.4 is 11.3 Å². The monoisotopic (exact) mass is 321 g/mol. The van der Waals surface area contributed by atoms with E-state index in [4.69, 9.17) is 5.84 Å². The van der Waals surface area contributed by atoms with Gasteiger partial charge in [0.25, 0.3) is 5.91 Å². The van der Waals surface area contributed by atoms with E-state index in [1.165, 1.54) is 11.3 Å². The number of halogens is 3. The molecule has 1 fully saturated rings. The van der Waals surface area contributed by atoms with E-state index in [1.54, 1.807) is 11.0 Å². The molecule has 0 spiro atoms. The van der Waals surface area contributed by atoms with Gasteiger partial charge in [0.15, 0.2) is 0 Å². The first-order chi connectivity index (χ1) is 9.81. The largest absolute Gasteiger partial charge is 0.393 e. The zero-order valence-electron chi connectivity index (χ0n) is 11.7. The van der Waals surface area contributed by atoms with E-state index in [9.17, 15) is 18.0 Å². The minimum Gasteiger partial charge on any atom is -0.298 e. The third kappa shape index (κ3) is 3.96. The minimum absolute atomic E-state index is 0.0250. The molecule has 8 heteroatoms. The van der Waals surface area contributed by atoms with Gasteiger partial charge in [-0.3, -0.25) is 15.1 Å². The van der Waals surface area contributed by atoms with Gasteiger partial charge in [0.05, 0.1) is 10.8 Å². The lowest BCUT2D eigenvalue weighted by molar-refractivity contribution is -0.187. The van der Waals surface area contributed by atoms with E-state index in [0.29, 0.717) is 24.4 Å². The maximum absolute atomic E-state index is 12.8. The van der Waals surface area contributed by atoms with Crippen molar-refractivity contribution in [3.8, 4) is 0 Å². The number of rotatable bonds is 3. The van der Waals surface area contributed by atoms with Gasteiger partial charge in [-0.25, -0.2) is 5.84 Å². The van der Waals surface area contributed by atoms with Crippen molar-refractivity contribution in [2.45, 2.75) is 32.5 Å². The van der Waals surface area contributed by atoms with Crippen molar-refractivity contribution >= 4 is 17.2 Å². The fraction of sp³-hybridized carbons (Fsp3) is 0.615. The number of alkyl halides is 3. The molecule has 0 aromatic carbocycles. The molecule has 1 aliphatic rings. The summed E-state index contributed by atoms with van der Waals surface area (Å²) in [6.45, 7) is 2.97. The third-order valence-electron chi connectivity index (χ3n) is 3.74. The summed E-state index contributed by atoms with van der Waals surface area (Å²) in [5, 5.41) is 0. The second-order valence-electron chi connectivity index (χ2n) is 5.28. The van der Waals surface area contributed by atoms with E-state index < -0.39 is 12.1 Å². The number of nitrogens with two attached hydrogens (primary N) is 1. The van der Waals surface area contributed by atoms with Gasteiger partial charge in [0.1, 0.15) is 0 Å². The van der Waals surface area contributed by atoms with Crippen LogP contribution in [0.25, 0.3) is 0 Å². The molecule has 118 valence electrons. The highest BCUT2D eigenvalue weighted by molar-refractivity contribution is 7.14. The Morgan fingerprint density at radius 2 is 2.29 bits per heavy atom. The molecular weight excluding hydrogens is 303 g/mol. The van der Waals surface area contributed by atoms with Crippen molar-refractivity contribution < 1.29 is 18.0 Å². The van der Waals surface area contributed by atoms with Crippen LogP contribution >= 0.6 is 11.3 Å². The maximum Gasteiger partial charge on any atom is 0.393 e. The topological polar surface area (TPSA) is 58.4 Å². The number of amides is 1. The average molecular weight is 321 g/mol. The number of piperidine rings is 1. The summed E-state index contributed by atoms with van der Waals surface area (Å²) >= 11 is 1.30. The summed E-state index contributed by atoms with van der Waals surface area (Å²) in [5.74, 6) is 3.46. The van der Waals surface area contributed by atoms with E-state index >= 15 is 0 Å². The molecule has 1 aromatic rings. The number of hydrogen-bond donors (Lipinski definition) is 2. The van der Waals surface area contributed by atoms with Crippen molar-refractivity contribution in [2.24, 2.45) is 11.8 Å². The van der Waals surface area contributed by atoms with Crippen LogP contribution in [0.3, 0.4) is 0 Å². The fourth-order valence-corrected chi connectivity index (χ4v) is 3.50. The first-order valence-electron chi connectivity index (χ1n) is 6.70. The molecule has 1 atom stereocenters. The molecule has 0 aliphatic carbocycles. The number of carbonyl (C=O) groups excluding carboxylic acids is 1. The standard InChI is InChI=1S/C13H18F3N3OS/c1-8-9(5-11(21-8)12(20)18-17)6-19-4-2-3-10(7-19)13(14,15)16/h5,10H,2-4,6-7,17H2,1H3,(H,18,20). The van der Waals surface area contributed by atoms with Gasteiger partial charge in [0, 0.05) is 18.0 Å². The van der Waals surface area contributed by atoms with Gasteiger partial charge in [-0.05, 0) is 37.9 Å². The Balaban J connectivity index is 2.04. The molecule has 3 N–H and O–H groups in total. The minimum atomic E-state index is -4.13. The summed E-state index contributed by atoms with van der Waals surface area (Å²) in [4.78, 5) is 14.7. The van der Waals surface area contributed by atoms with Gasteiger partial charge < -0.3 is 0 Å². The average Bonchev–Trinajstić information content (AvgIpc) is 2.79. The van der Waals surface area contributed by atoms with Gasteiger partial charge in [0.2, 0.25) is 0 Å². The number of nitrogens with zero attached hydrogens (tertiary/aromatic N) is 1. The first kappa shape index (κ1) is 16.3. The zero-order chi connectivity index (χ0) is 15.6. The summed E-state index contributed by atoms with van der Waals surface area (Å²) in [5.41, 5.74) is 2.95. The Kier molecular flexibility index (Phi) is 4.90. The lowest BCUT2D eigenvalue weighted by atomic mass is 9.97. The maximum atomic E-state index is 12.8. The van der Waals surface area contributed by atoms with Gasteiger partial charge >= 0.3 is 6.18 Å². The van der Waals surface area contributed by atoms with Crippen molar-refractivity contribution in [1.82, 2.24) is 10.3 Å². The van der Waals surface area contributed by atoms with Crippen LogP contribution in [0.2, 0.25) is 0 Å². The SMILES string of the molecule is Cc1sc(C(=O)NN)cc1CN1CCCC(C(F)(F)F)C1. The Morgan fingerprint density at radius 1 is 1.57 bits per heavy atom. The lowest BCUT2D eigenvalue weighted by Gasteiger charge is -2.33. The third-order valence-corrected chi connectivity index (χ3v) is 4.83. The number of likely N-dealkylation sites (tertiary alicyclic amines) is 1. The Labute approximate surface area is 125 Å². The highest BCUT2D eigenvalue weighted by Crippen LogP contribution is 2.34. The van der Waals surface area contributed by atoms with Crippen molar-refractivity contribution in [3.05, 3.63) is 21.4 Å².